The zero-order valence-corrected chi connectivity index (χ0v) is 11.3. The van der Waals surface area contributed by atoms with E-state index in [4.69, 9.17) is 9.84 Å². The summed E-state index contributed by atoms with van der Waals surface area (Å²) in [6, 6.07) is -1.28. The molecule has 1 saturated heterocycles. The molecule has 1 unspecified atom stereocenters. The van der Waals surface area contributed by atoms with E-state index in [0.717, 1.165) is 19.4 Å². The number of hydrogen-bond donors (Lipinski definition) is 3. The summed E-state index contributed by atoms with van der Waals surface area (Å²) in [4.78, 5) is 22.5. The molecule has 0 spiro atoms. The molecule has 1 fully saturated rings. The van der Waals surface area contributed by atoms with Crippen molar-refractivity contribution in [3.05, 3.63) is 0 Å². The predicted octanol–water partition coefficient (Wildman–Crippen LogP) is 0.671. The number of urea groups is 1. The standard InChI is InChI=1S/C11H20N2O4S/c1-18-6-4-9(10(14)15)13-11(16)12-7-8-3-2-5-17-8/h8-9H,2-7H2,1H3,(H,14,15)(H2,12,13,16)/t8?,9-/m0/s1. The van der Waals surface area contributed by atoms with Crippen molar-refractivity contribution in [2.45, 2.75) is 31.4 Å². The number of amides is 2. The molecule has 2 atom stereocenters. The number of nitrogens with one attached hydrogen (secondary N) is 2. The minimum absolute atomic E-state index is 0.0604. The molecule has 7 heteroatoms. The lowest BCUT2D eigenvalue weighted by atomic mass is 10.2. The Balaban J connectivity index is 2.24. The van der Waals surface area contributed by atoms with Crippen LogP contribution in [0.15, 0.2) is 0 Å². The van der Waals surface area contributed by atoms with E-state index in [1.165, 1.54) is 0 Å². The molecule has 0 aromatic heterocycles. The number of rotatable bonds is 7. The molecule has 2 amide bonds. The van der Waals surface area contributed by atoms with Crippen molar-refractivity contribution in [2.75, 3.05) is 25.2 Å². The molecule has 0 aromatic rings. The van der Waals surface area contributed by atoms with E-state index >= 15 is 0 Å². The molecule has 0 aromatic carbocycles. The van der Waals surface area contributed by atoms with Gasteiger partial charge in [0.2, 0.25) is 0 Å². The maximum Gasteiger partial charge on any atom is 0.326 e. The molecule has 18 heavy (non-hydrogen) atoms. The molecule has 0 saturated carbocycles. The molecule has 3 N–H and O–H groups in total. The van der Waals surface area contributed by atoms with Crippen LogP contribution in [0.4, 0.5) is 4.79 Å². The molecule has 104 valence electrons. The topological polar surface area (TPSA) is 87.7 Å². The van der Waals surface area contributed by atoms with Crippen LogP contribution in [0.1, 0.15) is 19.3 Å². The Morgan fingerprint density at radius 2 is 2.33 bits per heavy atom. The van der Waals surface area contributed by atoms with Gasteiger partial charge in [-0.2, -0.15) is 11.8 Å². The van der Waals surface area contributed by atoms with E-state index in [2.05, 4.69) is 10.6 Å². The maximum atomic E-state index is 11.5. The second kappa shape index (κ2) is 8.20. The Hall–Kier alpha value is -0.950. The largest absolute Gasteiger partial charge is 0.480 e. The highest BCUT2D eigenvalue weighted by Gasteiger charge is 2.20. The number of ether oxygens (including phenoxy) is 1. The van der Waals surface area contributed by atoms with Crippen molar-refractivity contribution in [3.63, 3.8) is 0 Å². The predicted molar refractivity (Wildman–Crippen MR) is 69.9 cm³/mol. The minimum atomic E-state index is -1.00. The van der Waals surface area contributed by atoms with E-state index in [0.29, 0.717) is 18.7 Å². The van der Waals surface area contributed by atoms with Gasteiger partial charge in [-0.1, -0.05) is 0 Å². The average Bonchev–Trinajstić information content (AvgIpc) is 2.84. The van der Waals surface area contributed by atoms with Crippen molar-refractivity contribution >= 4 is 23.8 Å². The van der Waals surface area contributed by atoms with Gasteiger partial charge < -0.3 is 20.5 Å². The summed E-state index contributed by atoms with van der Waals surface area (Å²) in [6.07, 6.45) is 4.33. The van der Waals surface area contributed by atoms with Crippen LogP contribution in [0.3, 0.4) is 0 Å². The van der Waals surface area contributed by atoms with Crippen molar-refractivity contribution < 1.29 is 19.4 Å². The zero-order valence-electron chi connectivity index (χ0n) is 10.5. The van der Waals surface area contributed by atoms with Crippen molar-refractivity contribution in [1.29, 1.82) is 0 Å². The third-order valence-corrected chi connectivity index (χ3v) is 3.37. The van der Waals surface area contributed by atoms with Crippen LogP contribution in [0.2, 0.25) is 0 Å². The average molecular weight is 276 g/mol. The van der Waals surface area contributed by atoms with Crippen LogP contribution in [0, 0.1) is 0 Å². The zero-order chi connectivity index (χ0) is 13.4. The second-order valence-electron chi connectivity index (χ2n) is 4.16. The number of carbonyl (C=O) groups is 2. The molecule has 6 nitrogen and oxygen atoms in total. The molecule has 1 rings (SSSR count). The lowest BCUT2D eigenvalue weighted by Gasteiger charge is -2.16. The molecule has 1 aliphatic rings. The number of carboxylic acid groups (broad SMARTS) is 1. The first-order valence-corrected chi connectivity index (χ1v) is 7.40. The Morgan fingerprint density at radius 1 is 1.56 bits per heavy atom. The Bertz CT molecular complexity index is 282. The van der Waals surface area contributed by atoms with Crippen molar-refractivity contribution in [1.82, 2.24) is 10.6 Å². The summed E-state index contributed by atoms with van der Waals surface area (Å²) < 4.78 is 5.36. The van der Waals surface area contributed by atoms with Crippen LogP contribution >= 0.6 is 11.8 Å². The molecule has 1 heterocycles. The van der Waals surface area contributed by atoms with Crippen molar-refractivity contribution in [3.8, 4) is 0 Å². The molecule has 0 aliphatic carbocycles. The van der Waals surface area contributed by atoms with E-state index in [-0.39, 0.29) is 6.10 Å². The van der Waals surface area contributed by atoms with Gasteiger partial charge in [-0.05, 0) is 31.3 Å². The highest BCUT2D eigenvalue weighted by Crippen LogP contribution is 2.10. The summed E-state index contributed by atoms with van der Waals surface area (Å²) in [7, 11) is 0. The number of carbonyl (C=O) groups excluding carboxylic acids is 1. The van der Waals surface area contributed by atoms with Gasteiger partial charge in [-0.15, -0.1) is 0 Å². The number of hydrogen-bond acceptors (Lipinski definition) is 4. The minimum Gasteiger partial charge on any atom is -0.480 e. The van der Waals surface area contributed by atoms with Gasteiger partial charge in [0.05, 0.1) is 6.10 Å². The fourth-order valence-corrected chi connectivity index (χ4v) is 2.19. The molecular formula is C11H20N2O4S. The second-order valence-corrected chi connectivity index (χ2v) is 5.15. The lowest BCUT2D eigenvalue weighted by Crippen LogP contribution is -2.47. The first-order chi connectivity index (χ1) is 8.63. The van der Waals surface area contributed by atoms with Crippen LogP contribution in [-0.4, -0.2) is 54.4 Å². The molecule has 0 radical (unpaired) electrons. The first kappa shape index (κ1) is 15.1. The van der Waals surface area contributed by atoms with Gasteiger partial charge in [0, 0.05) is 13.2 Å². The summed E-state index contributed by atoms with van der Waals surface area (Å²) in [5.41, 5.74) is 0. The van der Waals surface area contributed by atoms with Gasteiger partial charge in [0.15, 0.2) is 0 Å². The van der Waals surface area contributed by atoms with Crippen LogP contribution in [0.5, 0.6) is 0 Å². The Labute approximate surface area is 111 Å². The van der Waals surface area contributed by atoms with Gasteiger partial charge in [-0.3, -0.25) is 0 Å². The van der Waals surface area contributed by atoms with Gasteiger partial charge in [0.1, 0.15) is 6.04 Å². The smallest absolute Gasteiger partial charge is 0.326 e. The highest BCUT2D eigenvalue weighted by molar-refractivity contribution is 7.98. The summed E-state index contributed by atoms with van der Waals surface area (Å²) in [6.45, 7) is 1.17. The maximum absolute atomic E-state index is 11.5. The lowest BCUT2D eigenvalue weighted by molar-refractivity contribution is -0.139. The monoisotopic (exact) mass is 276 g/mol. The molecule has 0 bridgehead atoms. The molecular weight excluding hydrogens is 256 g/mol. The SMILES string of the molecule is CSCC[C@H](NC(=O)NCC1CCCO1)C(=O)O. The summed E-state index contributed by atoms with van der Waals surface area (Å²) in [5.74, 6) is -0.306. The van der Waals surface area contributed by atoms with Crippen molar-refractivity contribution in [2.24, 2.45) is 0 Å². The van der Waals surface area contributed by atoms with Gasteiger partial charge in [0.25, 0.3) is 0 Å². The van der Waals surface area contributed by atoms with E-state index in [9.17, 15) is 9.59 Å². The molecule has 1 aliphatic heterocycles. The van der Waals surface area contributed by atoms with E-state index in [1.807, 2.05) is 6.26 Å². The Kier molecular flexibility index (Phi) is 6.89. The first-order valence-electron chi connectivity index (χ1n) is 6.01. The van der Waals surface area contributed by atoms with Crippen LogP contribution < -0.4 is 10.6 Å². The van der Waals surface area contributed by atoms with Gasteiger partial charge >= 0.3 is 12.0 Å². The summed E-state index contributed by atoms with van der Waals surface area (Å²) in [5, 5.41) is 14.0. The van der Waals surface area contributed by atoms with E-state index < -0.39 is 18.0 Å². The quantitative estimate of drug-likeness (QED) is 0.636. The number of aliphatic carboxylic acids is 1. The van der Waals surface area contributed by atoms with Crippen LogP contribution in [0.25, 0.3) is 0 Å². The fourth-order valence-electron chi connectivity index (χ4n) is 1.71. The summed E-state index contributed by atoms with van der Waals surface area (Å²) >= 11 is 1.55. The van der Waals surface area contributed by atoms with E-state index in [1.54, 1.807) is 11.8 Å². The third-order valence-electron chi connectivity index (χ3n) is 2.73. The number of thioether (sulfide) groups is 1. The van der Waals surface area contributed by atoms with Gasteiger partial charge in [-0.25, -0.2) is 9.59 Å². The van der Waals surface area contributed by atoms with Crippen LogP contribution in [-0.2, 0) is 9.53 Å². The number of carboxylic acids is 1. The fraction of sp³-hybridized carbons (Fsp3) is 0.818. The Morgan fingerprint density at radius 3 is 2.89 bits per heavy atom. The highest BCUT2D eigenvalue weighted by atomic mass is 32.2. The normalized spacial score (nSPS) is 20.4. The third kappa shape index (κ3) is 5.59.